The fourth-order valence-corrected chi connectivity index (χ4v) is 2.75. The van der Waals surface area contributed by atoms with Crippen molar-refractivity contribution in [3.05, 3.63) is 29.8 Å². The number of hydrogen-bond donors (Lipinski definition) is 2. The van der Waals surface area contributed by atoms with Crippen LogP contribution in [0, 0.1) is 5.92 Å². The number of benzene rings is 1. The summed E-state index contributed by atoms with van der Waals surface area (Å²) in [4.78, 5) is 24.8. The Balaban J connectivity index is 1.95. The zero-order chi connectivity index (χ0) is 17.0. The number of carbonyl (C=O) groups excluding carboxylic acids is 2. The molecule has 0 bridgehead atoms. The van der Waals surface area contributed by atoms with Gasteiger partial charge in [-0.1, -0.05) is 26.0 Å². The van der Waals surface area contributed by atoms with Crippen LogP contribution in [0.15, 0.2) is 24.3 Å². The minimum absolute atomic E-state index is 0.152. The number of imide groups is 1. The smallest absolute Gasteiger partial charge is 0.324 e. The molecule has 0 aromatic heterocycles. The molecule has 3 amide bonds. The van der Waals surface area contributed by atoms with E-state index in [1.54, 1.807) is 14.0 Å². The third-order valence-corrected chi connectivity index (χ3v) is 4.06. The molecule has 2 N–H and O–H groups in total. The molecular formula is C17H25N3O3. The van der Waals surface area contributed by atoms with Crippen molar-refractivity contribution >= 4 is 11.9 Å². The van der Waals surface area contributed by atoms with Gasteiger partial charge < -0.3 is 15.4 Å². The maximum atomic E-state index is 11.9. The third-order valence-electron chi connectivity index (χ3n) is 4.06. The van der Waals surface area contributed by atoms with Gasteiger partial charge in [0.1, 0.15) is 11.8 Å². The summed E-state index contributed by atoms with van der Waals surface area (Å²) in [6, 6.07) is 7.36. The van der Waals surface area contributed by atoms with Crippen molar-refractivity contribution in [1.29, 1.82) is 0 Å². The first-order valence-electron chi connectivity index (χ1n) is 7.93. The maximum Gasteiger partial charge on any atom is 0.324 e. The van der Waals surface area contributed by atoms with Crippen LogP contribution < -0.4 is 15.4 Å². The number of ether oxygens (including phenoxy) is 1. The number of carbonyl (C=O) groups is 2. The molecule has 0 aliphatic carbocycles. The number of nitrogens with zero attached hydrogens (tertiary/aromatic N) is 1. The van der Waals surface area contributed by atoms with Gasteiger partial charge in [-0.3, -0.25) is 9.69 Å². The molecule has 0 spiro atoms. The molecule has 6 heteroatoms. The summed E-state index contributed by atoms with van der Waals surface area (Å²) < 4.78 is 5.18. The van der Waals surface area contributed by atoms with E-state index in [9.17, 15) is 9.59 Å². The van der Waals surface area contributed by atoms with Gasteiger partial charge in [0.25, 0.3) is 5.91 Å². The van der Waals surface area contributed by atoms with Crippen molar-refractivity contribution in [2.24, 2.45) is 5.92 Å². The average Bonchev–Trinajstić information content (AvgIpc) is 2.77. The van der Waals surface area contributed by atoms with Gasteiger partial charge >= 0.3 is 6.03 Å². The lowest BCUT2D eigenvalue weighted by molar-refractivity contribution is -0.127. The monoisotopic (exact) mass is 319 g/mol. The van der Waals surface area contributed by atoms with Gasteiger partial charge in [0, 0.05) is 19.1 Å². The van der Waals surface area contributed by atoms with Crippen LogP contribution in [0.3, 0.4) is 0 Å². The highest BCUT2D eigenvalue weighted by molar-refractivity contribution is 6.03. The van der Waals surface area contributed by atoms with Crippen molar-refractivity contribution in [3.8, 4) is 5.75 Å². The molecule has 1 aliphatic rings. The molecule has 6 nitrogen and oxygen atoms in total. The second-order valence-electron chi connectivity index (χ2n) is 6.11. The quantitative estimate of drug-likeness (QED) is 0.753. The Bertz CT molecular complexity index is 557. The van der Waals surface area contributed by atoms with Crippen LogP contribution in [0.1, 0.15) is 32.4 Å². The predicted octanol–water partition coefficient (Wildman–Crippen LogP) is 1.92. The molecule has 1 aromatic carbocycles. The van der Waals surface area contributed by atoms with Gasteiger partial charge in [-0.15, -0.1) is 0 Å². The van der Waals surface area contributed by atoms with Gasteiger partial charge in [-0.05, 0) is 30.5 Å². The number of rotatable bonds is 7. The van der Waals surface area contributed by atoms with E-state index >= 15 is 0 Å². The topological polar surface area (TPSA) is 70.7 Å². The van der Waals surface area contributed by atoms with Gasteiger partial charge in [-0.25, -0.2) is 4.79 Å². The first-order chi connectivity index (χ1) is 10.9. The molecule has 1 aromatic rings. The molecule has 126 valence electrons. The van der Waals surface area contributed by atoms with Gasteiger partial charge in [-0.2, -0.15) is 0 Å². The SMILES string of the molecule is COc1ccc(C(NCCN2C(=O)NC(C)C2=O)C(C)C)cc1. The van der Waals surface area contributed by atoms with Crippen LogP contribution in [-0.2, 0) is 4.79 Å². The van der Waals surface area contributed by atoms with Crippen LogP contribution in [0.25, 0.3) is 0 Å². The summed E-state index contributed by atoms with van der Waals surface area (Å²) >= 11 is 0. The lowest BCUT2D eigenvalue weighted by Crippen LogP contribution is -2.39. The van der Waals surface area contributed by atoms with E-state index in [2.05, 4.69) is 24.5 Å². The summed E-state index contributed by atoms with van der Waals surface area (Å²) in [5, 5.41) is 6.06. The highest BCUT2D eigenvalue weighted by Crippen LogP contribution is 2.23. The lowest BCUT2D eigenvalue weighted by Gasteiger charge is -2.24. The standard InChI is InChI=1S/C17H25N3O3/c1-11(2)15(13-5-7-14(23-4)8-6-13)18-9-10-20-16(21)12(3)19-17(20)22/h5-8,11-12,15,18H,9-10H2,1-4H3,(H,19,22). The Morgan fingerprint density at radius 3 is 2.39 bits per heavy atom. The van der Waals surface area contributed by atoms with E-state index in [-0.39, 0.29) is 18.0 Å². The molecule has 0 saturated carbocycles. The fraction of sp³-hybridized carbons (Fsp3) is 0.529. The molecule has 0 radical (unpaired) electrons. The van der Waals surface area contributed by atoms with Crippen LogP contribution in [0.2, 0.25) is 0 Å². The average molecular weight is 319 g/mol. The Labute approximate surface area is 137 Å². The summed E-state index contributed by atoms with van der Waals surface area (Å²) in [7, 11) is 1.65. The lowest BCUT2D eigenvalue weighted by atomic mass is 9.96. The van der Waals surface area contributed by atoms with Crippen molar-refractivity contribution in [2.75, 3.05) is 20.2 Å². The maximum absolute atomic E-state index is 11.9. The molecule has 23 heavy (non-hydrogen) atoms. The summed E-state index contributed by atoms with van der Waals surface area (Å²) in [6.07, 6.45) is 0. The molecule has 1 fully saturated rings. The van der Waals surface area contributed by atoms with Gasteiger partial charge in [0.05, 0.1) is 7.11 Å². The first kappa shape index (κ1) is 17.3. The summed E-state index contributed by atoms with van der Waals surface area (Å²) in [5.74, 6) is 1.04. The minimum Gasteiger partial charge on any atom is -0.497 e. The van der Waals surface area contributed by atoms with E-state index in [1.807, 2.05) is 24.3 Å². The normalized spacial score (nSPS) is 19.2. The van der Waals surface area contributed by atoms with E-state index in [4.69, 9.17) is 4.74 Å². The molecule has 2 atom stereocenters. The van der Waals surface area contributed by atoms with Crippen molar-refractivity contribution in [3.63, 3.8) is 0 Å². The van der Waals surface area contributed by atoms with Crippen LogP contribution in [0.4, 0.5) is 4.79 Å². The van der Waals surface area contributed by atoms with Crippen LogP contribution >= 0.6 is 0 Å². The van der Waals surface area contributed by atoms with Gasteiger partial charge in [0.15, 0.2) is 0 Å². The Kier molecular flexibility index (Phi) is 5.60. The van der Waals surface area contributed by atoms with E-state index in [1.165, 1.54) is 4.90 Å². The van der Waals surface area contributed by atoms with E-state index < -0.39 is 6.04 Å². The van der Waals surface area contributed by atoms with Crippen LogP contribution in [-0.4, -0.2) is 43.1 Å². The first-order valence-corrected chi connectivity index (χ1v) is 7.93. The second-order valence-corrected chi connectivity index (χ2v) is 6.11. The highest BCUT2D eigenvalue weighted by Gasteiger charge is 2.34. The number of amides is 3. The molecule has 1 heterocycles. The Morgan fingerprint density at radius 1 is 1.26 bits per heavy atom. The highest BCUT2D eigenvalue weighted by atomic mass is 16.5. The predicted molar refractivity (Wildman–Crippen MR) is 88.3 cm³/mol. The number of hydrogen-bond acceptors (Lipinski definition) is 4. The van der Waals surface area contributed by atoms with Crippen molar-refractivity contribution in [1.82, 2.24) is 15.5 Å². The van der Waals surface area contributed by atoms with E-state index in [0.29, 0.717) is 19.0 Å². The number of urea groups is 1. The molecule has 2 rings (SSSR count). The second kappa shape index (κ2) is 7.46. The zero-order valence-corrected chi connectivity index (χ0v) is 14.1. The van der Waals surface area contributed by atoms with Crippen molar-refractivity contribution < 1.29 is 14.3 Å². The number of nitrogens with one attached hydrogen (secondary N) is 2. The molecule has 2 unspecified atom stereocenters. The summed E-state index contributed by atoms with van der Waals surface area (Å²) in [5.41, 5.74) is 1.16. The molecular weight excluding hydrogens is 294 g/mol. The van der Waals surface area contributed by atoms with Crippen molar-refractivity contribution in [2.45, 2.75) is 32.9 Å². The van der Waals surface area contributed by atoms with Crippen LogP contribution in [0.5, 0.6) is 5.75 Å². The largest absolute Gasteiger partial charge is 0.497 e. The fourth-order valence-electron chi connectivity index (χ4n) is 2.75. The summed E-state index contributed by atoms with van der Waals surface area (Å²) in [6.45, 7) is 6.90. The Hall–Kier alpha value is -2.08. The van der Waals surface area contributed by atoms with Gasteiger partial charge in [0.2, 0.25) is 0 Å². The zero-order valence-electron chi connectivity index (χ0n) is 14.1. The molecule has 1 saturated heterocycles. The minimum atomic E-state index is -0.426. The number of methoxy groups -OCH3 is 1. The Morgan fingerprint density at radius 2 is 1.91 bits per heavy atom. The third kappa shape index (κ3) is 4.01. The van der Waals surface area contributed by atoms with E-state index in [0.717, 1.165) is 11.3 Å². The molecule has 1 aliphatic heterocycles.